The van der Waals surface area contributed by atoms with E-state index in [1.807, 2.05) is 0 Å². The van der Waals surface area contributed by atoms with Gasteiger partial charge in [0.2, 0.25) is 0 Å². The molecule has 0 aromatic carbocycles. The number of hydrogen-bond acceptors (Lipinski definition) is 3. The van der Waals surface area contributed by atoms with Crippen LogP contribution in [0.3, 0.4) is 0 Å². The molecule has 0 saturated carbocycles. The van der Waals surface area contributed by atoms with Crippen LogP contribution in [-0.4, -0.2) is 12.1 Å². The highest BCUT2D eigenvalue weighted by Gasteiger charge is 2.33. The standard InChI is InChI=1S/C7H6F3NOS/c1-12-4-2-5(7(8,9)10)11-6(13)3-4/h2-3H,1H3,(H,11,13). The fraction of sp³-hybridized carbons (Fsp3) is 0.286. The van der Waals surface area contributed by atoms with Crippen molar-refractivity contribution in [3.8, 4) is 5.75 Å². The lowest BCUT2D eigenvalue weighted by Gasteiger charge is -2.07. The topological polar surface area (TPSA) is 22.1 Å². The van der Waals surface area contributed by atoms with Gasteiger partial charge < -0.3 is 4.74 Å². The van der Waals surface area contributed by atoms with Gasteiger partial charge in [0.15, 0.2) is 0 Å². The number of thiol groups is 1. The Balaban J connectivity index is 3.16. The van der Waals surface area contributed by atoms with Crippen molar-refractivity contribution in [3.05, 3.63) is 17.8 Å². The largest absolute Gasteiger partial charge is 0.497 e. The van der Waals surface area contributed by atoms with Gasteiger partial charge in [-0.05, 0) is 0 Å². The molecule has 6 heteroatoms. The van der Waals surface area contributed by atoms with E-state index in [1.54, 1.807) is 0 Å². The van der Waals surface area contributed by atoms with E-state index in [1.165, 1.54) is 13.2 Å². The first-order valence-electron chi connectivity index (χ1n) is 3.25. The Kier molecular flexibility index (Phi) is 2.70. The maximum absolute atomic E-state index is 12.1. The van der Waals surface area contributed by atoms with E-state index in [0.717, 1.165) is 6.07 Å². The molecule has 1 rings (SSSR count). The maximum Gasteiger partial charge on any atom is 0.433 e. The van der Waals surface area contributed by atoms with Crippen molar-refractivity contribution < 1.29 is 17.9 Å². The van der Waals surface area contributed by atoms with E-state index in [2.05, 4.69) is 22.3 Å². The maximum atomic E-state index is 12.1. The van der Waals surface area contributed by atoms with E-state index in [-0.39, 0.29) is 10.8 Å². The first-order valence-corrected chi connectivity index (χ1v) is 3.70. The van der Waals surface area contributed by atoms with E-state index in [9.17, 15) is 13.2 Å². The molecule has 0 aliphatic heterocycles. The molecule has 0 aliphatic carbocycles. The van der Waals surface area contributed by atoms with Crippen LogP contribution < -0.4 is 4.74 Å². The molecule has 0 radical (unpaired) electrons. The Morgan fingerprint density at radius 3 is 2.46 bits per heavy atom. The summed E-state index contributed by atoms with van der Waals surface area (Å²) in [6.07, 6.45) is -4.47. The van der Waals surface area contributed by atoms with E-state index in [0.29, 0.717) is 0 Å². The van der Waals surface area contributed by atoms with Gasteiger partial charge in [0.05, 0.1) is 12.1 Å². The second-order valence-corrected chi connectivity index (χ2v) is 2.71. The Hall–Kier alpha value is -0.910. The van der Waals surface area contributed by atoms with Crippen LogP contribution in [0.15, 0.2) is 17.2 Å². The first kappa shape index (κ1) is 10.2. The lowest BCUT2D eigenvalue weighted by molar-refractivity contribution is -0.141. The van der Waals surface area contributed by atoms with Crippen molar-refractivity contribution in [1.29, 1.82) is 0 Å². The molecule has 0 aliphatic rings. The van der Waals surface area contributed by atoms with Gasteiger partial charge in [0, 0.05) is 12.1 Å². The summed E-state index contributed by atoms with van der Waals surface area (Å²) < 4.78 is 41.0. The van der Waals surface area contributed by atoms with Crippen LogP contribution >= 0.6 is 12.6 Å². The highest BCUT2D eigenvalue weighted by atomic mass is 32.1. The van der Waals surface area contributed by atoms with Gasteiger partial charge >= 0.3 is 6.18 Å². The Morgan fingerprint density at radius 2 is 2.00 bits per heavy atom. The van der Waals surface area contributed by atoms with Crippen molar-refractivity contribution in [2.24, 2.45) is 0 Å². The summed E-state index contributed by atoms with van der Waals surface area (Å²) in [4.78, 5) is 3.21. The summed E-state index contributed by atoms with van der Waals surface area (Å²) in [6.45, 7) is 0. The number of rotatable bonds is 1. The van der Waals surface area contributed by atoms with Gasteiger partial charge in [0.25, 0.3) is 0 Å². The van der Waals surface area contributed by atoms with Gasteiger partial charge in [-0.2, -0.15) is 13.2 Å². The number of hydrogen-bond donors (Lipinski definition) is 1. The molecule has 0 amide bonds. The minimum Gasteiger partial charge on any atom is -0.497 e. The van der Waals surface area contributed by atoms with Crippen LogP contribution in [0.1, 0.15) is 5.69 Å². The molecule has 13 heavy (non-hydrogen) atoms. The van der Waals surface area contributed by atoms with Crippen molar-refractivity contribution in [3.63, 3.8) is 0 Å². The van der Waals surface area contributed by atoms with E-state index in [4.69, 9.17) is 0 Å². The average Bonchev–Trinajstić information content (AvgIpc) is 2.01. The summed E-state index contributed by atoms with van der Waals surface area (Å²) in [5.74, 6) is 0.0901. The summed E-state index contributed by atoms with van der Waals surface area (Å²) in [5, 5.41) is -0.0216. The summed E-state index contributed by atoms with van der Waals surface area (Å²) in [6, 6.07) is 2.12. The number of halogens is 3. The molecule has 1 aromatic rings. The zero-order chi connectivity index (χ0) is 10.1. The minimum atomic E-state index is -4.47. The Bertz CT molecular complexity index is 313. The number of alkyl halides is 3. The minimum absolute atomic E-state index is 0.0216. The normalized spacial score (nSPS) is 11.5. The van der Waals surface area contributed by atoms with Crippen LogP contribution in [-0.2, 0) is 6.18 Å². The monoisotopic (exact) mass is 209 g/mol. The summed E-state index contributed by atoms with van der Waals surface area (Å²) in [7, 11) is 1.28. The molecular formula is C7H6F3NOS. The molecule has 1 aromatic heterocycles. The molecule has 0 spiro atoms. The van der Waals surface area contributed by atoms with Crippen LogP contribution in [0.5, 0.6) is 5.75 Å². The number of methoxy groups -OCH3 is 1. The number of aromatic nitrogens is 1. The van der Waals surface area contributed by atoms with Gasteiger partial charge in [-0.15, -0.1) is 12.6 Å². The highest BCUT2D eigenvalue weighted by molar-refractivity contribution is 7.80. The van der Waals surface area contributed by atoms with Gasteiger partial charge in [0.1, 0.15) is 11.4 Å². The van der Waals surface area contributed by atoms with E-state index < -0.39 is 11.9 Å². The van der Waals surface area contributed by atoms with Crippen molar-refractivity contribution in [2.75, 3.05) is 7.11 Å². The molecule has 0 saturated heterocycles. The highest BCUT2D eigenvalue weighted by Crippen LogP contribution is 2.30. The molecule has 0 N–H and O–H groups in total. The number of nitrogens with zero attached hydrogens (tertiary/aromatic N) is 1. The van der Waals surface area contributed by atoms with Crippen molar-refractivity contribution >= 4 is 12.6 Å². The van der Waals surface area contributed by atoms with Crippen molar-refractivity contribution in [1.82, 2.24) is 4.98 Å². The first-order chi connectivity index (χ1) is 5.93. The molecule has 1 heterocycles. The SMILES string of the molecule is COc1cc(S)nc(C(F)(F)F)c1. The quantitative estimate of drug-likeness (QED) is 0.717. The zero-order valence-corrected chi connectivity index (χ0v) is 7.49. The second-order valence-electron chi connectivity index (χ2n) is 2.25. The van der Waals surface area contributed by atoms with Crippen LogP contribution in [0.2, 0.25) is 0 Å². The average molecular weight is 209 g/mol. The van der Waals surface area contributed by atoms with Crippen LogP contribution in [0, 0.1) is 0 Å². The number of ether oxygens (including phenoxy) is 1. The number of pyridine rings is 1. The third-order valence-electron chi connectivity index (χ3n) is 1.31. The van der Waals surface area contributed by atoms with Crippen LogP contribution in [0.4, 0.5) is 13.2 Å². The van der Waals surface area contributed by atoms with Gasteiger partial charge in [-0.25, -0.2) is 4.98 Å². The third-order valence-corrected chi connectivity index (χ3v) is 1.54. The molecule has 72 valence electrons. The Morgan fingerprint density at radius 1 is 1.38 bits per heavy atom. The summed E-state index contributed by atoms with van der Waals surface area (Å²) in [5.41, 5.74) is -1.00. The van der Waals surface area contributed by atoms with Gasteiger partial charge in [-0.1, -0.05) is 0 Å². The molecular weight excluding hydrogens is 203 g/mol. The molecule has 0 bridgehead atoms. The van der Waals surface area contributed by atoms with Crippen LogP contribution in [0.25, 0.3) is 0 Å². The van der Waals surface area contributed by atoms with Gasteiger partial charge in [-0.3, -0.25) is 0 Å². The second kappa shape index (κ2) is 3.45. The molecule has 0 unspecified atom stereocenters. The third kappa shape index (κ3) is 2.51. The molecule has 0 atom stereocenters. The molecule has 0 fully saturated rings. The fourth-order valence-electron chi connectivity index (χ4n) is 0.755. The fourth-order valence-corrected chi connectivity index (χ4v) is 0.990. The molecule has 2 nitrogen and oxygen atoms in total. The van der Waals surface area contributed by atoms with E-state index >= 15 is 0 Å². The lowest BCUT2D eigenvalue weighted by atomic mass is 10.3. The van der Waals surface area contributed by atoms with Crippen molar-refractivity contribution in [2.45, 2.75) is 11.2 Å². The summed E-state index contributed by atoms with van der Waals surface area (Å²) >= 11 is 3.72. The predicted molar refractivity (Wildman–Crippen MR) is 43.0 cm³/mol. The zero-order valence-electron chi connectivity index (χ0n) is 6.59. The smallest absolute Gasteiger partial charge is 0.433 e. The lowest BCUT2D eigenvalue weighted by Crippen LogP contribution is -2.08. The predicted octanol–water partition coefficient (Wildman–Crippen LogP) is 2.40. The Labute approximate surface area is 78.1 Å².